The molecule has 2 amide bonds. The summed E-state index contributed by atoms with van der Waals surface area (Å²) in [5.41, 5.74) is 2.98. The molecule has 1 aromatic heterocycles. The van der Waals surface area contributed by atoms with Crippen LogP contribution >= 0.6 is 0 Å². The smallest absolute Gasteiger partial charge is 0.272 e. The van der Waals surface area contributed by atoms with E-state index < -0.39 is 6.10 Å². The monoisotopic (exact) mass is 559 g/mol. The summed E-state index contributed by atoms with van der Waals surface area (Å²) in [5.74, 6) is 6.79. The molecule has 10 heteroatoms. The van der Waals surface area contributed by atoms with Gasteiger partial charge in [0.15, 0.2) is 0 Å². The predicted molar refractivity (Wildman–Crippen MR) is 157 cm³/mol. The number of anilines is 1. The Hall–Kier alpha value is -3.52. The number of carbonyl (C=O) groups is 2. The largest absolute Gasteiger partial charge is 0.390 e. The van der Waals surface area contributed by atoms with E-state index in [1.807, 2.05) is 23.9 Å². The van der Waals surface area contributed by atoms with Crippen molar-refractivity contribution in [3.05, 3.63) is 53.0 Å². The third kappa shape index (κ3) is 7.22. The lowest BCUT2D eigenvalue weighted by molar-refractivity contribution is -0.129. The molecule has 4 heterocycles. The summed E-state index contributed by atoms with van der Waals surface area (Å²) in [5, 5.41) is 14.6. The molecular formula is C31H41N7O3. The number of amides is 2. The zero-order valence-corrected chi connectivity index (χ0v) is 24.3. The Morgan fingerprint density at radius 2 is 1.78 bits per heavy atom. The molecule has 218 valence electrons. The number of benzene rings is 1. The van der Waals surface area contributed by atoms with Crippen molar-refractivity contribution in [2.24, 2.45) is 0 Å². The van der Waals surface area contributed by atoms with Crippen LogP contribution in [0.15, 0.2) is 30.3 Å². The summed E-state index contributed by atoms with van der Waals surface area (Å²) in [6.45, 7) is 6.08. The van der Waals surface area contributed by atoms with E-state index in [0.29, 0.717) is 44.2 Å². The third-order valence-electron chi connectivity index (χ3n) is 8.30. The van der Waals surface area contributed by atoms with E-state index in [9.17, 15) is 14.7 Å². The van der Waals surface area contributed by atoms with Crippen LogP contribution in [0.1, 0.15) is 53.6 Å². The van der Waals surface area contributed by atoms with Gasteiger partial charge in [-0.2, -0.15) is 0 Å². The van der Waals surface area contributed by atoms with Crippen molar-refractivity contribution in [1.29, 1.82) is 0 Å². The normalized spacial score (nSPS) is 21.7. The number of β-amino-alcohol motifs (C(OH)–C–C–N with tert-alkyl or cyclic N) is 1. The van der Waals surface area contributed by atoms with Gasteiger partial charge < -0.3 is 20.2 Å². The second-order valence-electron chi connectivity index (χ2n) is 11.6. The van der Waals surface area contributed by atoms with Gasteiger partial charge in [-0.05, 0) is 56.8 Å². The third-order valence-corrected chi connectivity index (χ3v) is 8.30. The predicted octanol–water partition coefficient (Wildman–Crippen LogP) is 1.45. The van der Waals surface area contributed by atoms with Gasteiger partial charge in [0.1, 0.15) is 11.5 Å². The minimum atomic E-state index is -0.636. The number of nitrogens with zero attached hydrogens (tertiary/aromatic N) is 6. The molecule has 0 radical (unpaired) electrons. The zero-order chi connectivity index (χ0) is 28.9. The van der Waals surface area contributed by atoms with Crippen molar-refractivity contribution in [2.75, 3.05) is 58.7 Å². The van der Waals surface area contributed by atoms with Gasteiger partial charge in [-0.15, -0.1) is 0 Å². The standard InChI is InChI=1S/C31H41N7O3/c1-22(39)36-16-11-25(12-17-36)32-30-19-26(33-29(34-30)9-6-14-35(2)3)31(41)38-18-13-27(28(40)21-38)37-15-10-23-7-4-5-8-24(23)20-37/h4-5,7-8,19,25,27-28,40H,10-18,20-21H2,1-3H3,(H,32,33,34)/t27-,28-/m1/s1. The SMILES string of the molecule is CC(=O)N1CCC(Nc2cc(C(=O)N3CC[C@@H](N4CCc5ccccc5C4)[C@H](O)C3)nc(C#CCN(C)C)n2)CC1. The van der Waals surface area contributed by atoms with Crippen LogP contribution in [-0.4, -0.2) is 118 Å². The van der Waals surface area contributed by atoms with Crippen LogP contribution < -0.4 is 5.32 Å². The van der Waals surface area contributed by atoms with Crippen molar-refractivity contribution in [2.45, 2.75) is 57.3 Å². The maximum Gasteiger partial charge on any atom is 0.272 e. The highest BCUT2D eigenvalue weighted by Crippen LogP contribution is 2.26. The highest BCUT2D eigenvalue weighted by Gasteiger charge is 2.36. The van der Waals surface area contributed by atoms with Crippen molar-refractivity contribution in [1.82, 2.24) is 29.6 Å². The Kier molecular flexibility index (Phi) is 9.18. The average molecular weight is 560 g/mol. The molecule has 1 aromatic carbocycles. The first-order valence-electron chi connectivity index (χ1n) is 14.6. The number of carbonyl (C=O) groups excluding carboxylic acids is 2. The molecular weight excluding hydrogens is 518 g/mol. The molecule has 3 aliphatic heterocycles. The number of piperidine rings is 2. The Morgan fingerprint density at radius 1 is 1.05 bits per heavy atom. The van der Waals surface area contributed by atoms with E-state index in [-0.39, 0.29) is 36.1 Å². The van der Waals surface area contributed by atoms with Crippen LogP contribution in [0.4, 0.5) is 5.82 Å². The highest BCUT2D eigenvalue weighted by atomic mass is 16.3. The molecule has 2 atom stereocenters. The highest BCUT2D eigenvalue weighted by molar-refractivity contribution is 5.93. The van der Waals surface area contributed by atoms with Crippen LogP contribution in [0.2, 0.25) is 0 Å². The Morgan fingerprint density at radius 3 is 2.49 bits per heavy atom. The summed E-state index contributed by atoms with van der Waals surface area (Å²) < 4.78 is 0. The molecule has 3 aliphatic rings. The summed E-state index contributed by atoms with van der Waals surface area (Å²) in [6, 6.07) is 10.3. The molecule has 2 saturated heterocycles. The van der Waals surface area contributed by atoms with Crippen LogP contribution in [0.5, 0.6) is 0 Å². The van der Waals surface area contributed by atoms with Gasteiger partial charge in [-0.25, -0.2) is 9.97 Å². The maximum atomic E-state index is 13.7. The van der Waals surface area contributed by atoms with Crippen LogP contribution in [-0.2, 0) is 17.8 Å². The topological polar surface area (TPSA) is 105 Å². The second-order valence-corrected chi connectivity index (χ2v) is 11.6. The number of hydrogen-bond donors (Lipinski definition) is 2. The van der Waals surface area contributed by atoms with E-state index in [1.165, 1.54) is 11.1 Å². The quantitative estimate of drug-likeness (QED) is 0.531. The fourth-order valence-corrected chi connectivity index (χ4v) is 6.00. The van der Waals surface area contributed by atoms with Gasteiger partial charge in [0.2, 0.25) is 11.7 Å². The zero-order valence-electron chi connectivity index (χ0n) is 24.3. The van der Waals surface area contributed by atoms with E-state index in [4.69, 9.17) is 0 Å². The van der Waals surface area contributed by atoms with Gasteiger partial charge in [0.25, 0.3) is 5.91 Å². The molecule has 2 N–H and O–H groups in total. The summed E-state index contributed by atoms with van der Waals surface area (Å²) in [4.78, 5) is 42.4. The minimum Gasteiger partial charge on any atom is -0.390 e. The lowest BCUT2D eigenvalue weighted by Crippen LogP contribution is -2.56. The number of likely N-dealkylation sites (tertiary alicyclic amines) is 2. The minimum absolute atomic E-state index is 0.0170. The molecule has 0 aliphatic carbocycles. The molecule has 2 fully saturated rings. The molecule has 0 saturated carbocycles. The second kappa shape index (κ2) is 13.0. The fourth-order valence-electron chi connectivity index (χ4n) is 6.00. The Balaban J connectivity index is 1.27. The molecule has 0 bridgehead atoms. The van der Waals surface area contributed by atoms with Gasteiger partial charge in [-0.3, -0.25) is 19.4 Å². The van der Waals surface area contributed by atoms with Gasteiger partial charge >= 0.3 is 0 Å². The van der Waals surface area contributed by atoms with Crippen molar-refractivity contribution in [3.63, 3.8) is 0 Å². The van der Waals surface area contributed by atoms with E-state index in [2.05, 4.69) is 56.3 Å². The number of fused-ring (bicyclic) bond motifs is 1. The van der Waals surface area contributed by atoms with E-state index in [1.54, 1.807) is 17.9 Å². The molecule has 10 nitrogen and oxygen atoms in total. The number of nitrogens with one attached hydrogen (secondary N) is 1. The maximum absolute atomic E-state index is 13.7. The Labute approximate surface area is 242 Å². The van der Waals surface area contributed by atoms with Crippen molar-refractivity contribution >= 4 is 17.6 Å². The molecule has 0 unspecified atom stereocenters. The number of aliphatic hydroxyl groups excluding tert-OH is 1. The molecule has 41 heavy (non-hydrogen) atoms. The van der Waals surface area contributed by atoms with Crippen LogP contribution in [0.3, 0.4) is 0 Å². The van der Waals surface area contributed by atoms with E-state index in [0.717, 1.165) is 32.4 Å². The number of rotatable bonds is 5. The number of aromatic nitrogens is 2. The van der Waals surface area contributed by atoms with Gasteiger partial charge in [0, 0.05) is 64.3 Å². The molecule has 2 aromatic rings. The van der Waals surface area contributed by atoms with Gasteiger partial charge in [-0.1, -0.05) is 30.2 Å². The lowest BCUT2D eigenvalue weighted by Gasteiger charge is -2.43. The Bertz CT molecular complexity index is 1310. The summed E-state index contributed by atoms with van der Waals surface area (Å²) >= 11 is 0. The first kappa shape index (κ1) is 29.0. The van der Waals surface area contributed by atoms with Crippen molar-refractivity contribution in [3.8, 4) is 11.8 Å². The van der Waals surface area contributed by atoms with E-state index >= 15 is 0 Å². The lowest BCUT2D eigenvalue weighted by atomic mass is 9.94. The first-order chi connectivity index (χ1) is 19.8. The first-order valence-corrected chi connectivity index (χ1v) is 14.6. The molecule has 5 rings (SSSR count). The molecule has 0 spiro atoms. The fraction of sp³-hybridized carbons (Fsp3) is 0.548. The number of aliphatic hydroxyl groups is 1. The van der Waals surface area contributed by atoms with Crippen LogP contribution in [0, 0.1) is 11.8 Å². The summed E-state index contributed by atoms with van der Waals surface area (Å²) in [6.07, 6.45) is 2.65. The number of hydrogen-bond acceptors (Lipinski definition) is 8. The van der Waals surface area contributed by atoms with Gasteiger partial charge in [0.05, 0.1) is 12.6 Å². The average Bonchev–Trinajstić information content (AvgIpc) is 2.96. The van der Waals surface area contributed by atoms with Crippen LogP contribution in [0.25, 0.3) is 0 Å². The van der Waals surface area contributed by atoms with Crippen molar-refractivity contribution < 1.29 is 14.7 Å². The summed E-state index contributed by atoms with van der Waals surface area (Å²) in [7, 11) is 3.88.